The highest BCUT2D eigenvalue weighted by atomic mass is 32.1. The maximum Gasteiger partial charge on any atom is 0.573 e. The minimum Gasteiger partial charge on any atom is -0.406 e. The van der Waals surface area contributed by atoms with Crippen molar-refractivity contribution >= 4 is 17.4 Å². The Morgan fingerprint density at radius 2 is 1.70 bits per heavy atom. The minimum atomic E-state index is -4.74. The van der Waals surface area contributed by atoms with Crippen molar-refractivity contribution < 1.29 is 22.7 Å². The predicted octanol–water partition coefficient (Wildman–Crippen LogP) is 8.11. The predicted molar refractivity (Wildman–Crippen MR) is 173 cm³/mol. The van der Waals surface area contributed by atoms with Gasteiger partial charge in [0.15, 0.2) is 10.6 Å². The average Bonchev–Trinajstić information content (AvgIpc) is 3.62. The van der Waals surface area contributed by atoms with Gasteiger partial charge in [0.1, 0.15) is 12.1 Å². The van der Waals surface area contributed by atoms with Gasteiger partial charge in [0.25, 0.3) is 0 Å². The van der Waals surface area contributed by atoms with Crippen molar-refractivity contribution in [3.05, 3.63) is 105 Å². The molecule has 2 heterocycles. The first-order chi connectivity index (χ1) is 21.9. The van der Waals surface area contributed by atoms with Crippen LogP contribution in [0.15, 0.2) is 77.4 Å². The van der Waals surface area contributed by atoms with E-state index in [0.717, 1.165) is 46.5 Å². The van der Waals surface area contributed by atoms with E-state index in [-0.39, 0.29) is 17.7 Å². The van der Waals surface area contributed by atoms with Crippen LogP contribution in [-0.4, -0.2) is 38.3 Å². The lowest BCUT2D eigenvalue weighted by Gasteiger charge is -2.14. The second-order valence-electron chi connectivity index (χ2n) is 11.3. The Morgan fingerprint density at radius 3 is 2.35 bits per heavy atom. The van der Waals surface area contributed by atoms with E-state index in [9.17, 15) is 18.0 Å². The summed E-state index contributed by atoms with van der Waals surface area (Å²) in [6, 6.07) is 17.3. The number of hydrogen-bond acceptors (Lipinski definition) is 5. The zero-order valence-electron chi connectivity index (χ0n) is 26.2. The summed E-state index contributed by atoms with van der Waals surface area (Å²) >= 11 is 1.45. The van der Waals surface area contributed by atoms with Crippen LogP contribution < -0.4 is 14.9 Å². The van der Waals surface area contributed by atoms with Crippen LogP contribution in [0.3, 0.4) is 0 Å². The number of thiazole rings is 1. The van der Waals surface area contributed by atoms with Crippen molar-refractivity contribution in [2.75, 3.05) is 6.54 Å². The number of carbonyl (C=O) groups is 1. The van der Waals surface area contributed by atoms with Crippen LogP contribution in [0.4, 0.5) is 18.0 Å². The van der Waals surface area contributed by atoms with Crippen molar-refractivity contribution in [2.24, 2.45) is 4.99 Å². The molecule has 0 radical (unpaired) electrons. The van der Waals surface area contributed by atoms with Gasteiger partial charge in [-0.25, -0.2) is 14.5 Å². The summed E-state index contributed by atoms with van der Waals surface area (Å²) in [4.78, 5) is 22.1. The lowest BCUT2D eigenvalue weighted by atomic mass is 9.95. The van der Waals surface area contributed by atoms with Crippen molar-refractivity contribution in [1.82, 2.24) is 24.6 Å². The van der Waals surface area contributed by atoms with E-state index >= 15 is 0 Å². The number of halogens is 3. The number of hydrogen-bond donors (Lipinski definition) is 1. The molecule has 2 amide bonds. The fraction of sp³-hybridized carbons (Fsp3) is 0.294. The highest BCUT2D eigenvalue weighted by Gasteiger charge is 2.31. The summed E-state index contributed by atoms with van der Waals surface area (Å²) in [5, 5.41) is 9.41. The molecule has 2 aromatic heterocycles. The van der Waals surface area contributed by atoms with Crippen LogP contribution in [-0.2, 0) is 0 Å². The van der Waals surface area contributed by atoms with Crippen molar-refractivity contribution in [2.45, 2.75) is 59.7 Å². The van der Waals surface area contributed by atoms with Crippen LogP contribution in [0, 0.1) is 27.7 Å². The van der Waals surface area contributed by atoms with Gasteiger partial charge in [0.05, 0.1) is 11.4 Å². The molecule has 0 aliphatic heterocycles. The molecule has 0 spiro atoms. The molecule has 5 rings (SSSR count). The minimum absolute atomic E-state index is 0.264. The van der Waals surface area contributed by atoms with Gasteiger partial charge < -0.3 is 10.1 Å². The summed E-state index contributed by atoms with van der Waals surface area (Å²) in [7, 11) is 0. The zero-order chi connectivity index (χ0) is 33.0. The molecule has 46 heavy (non-hydrogen) atoms. The van der Waals surface area contributed by atoms with E-state index in [2.05, 4.69) is 69.5 Å². The molecule has 5 aromatic rings. The molecule has 3 aromatic carbocycles. The summed E-state index contributed by atoms with van der Waals surface area (Å²) in [6.07, 6.45) is -1.56. The third kappa shape index (κ3) is 7.92. The molecule has 1 unspecified atom stereocenters. The fourth-order valence-electron chi connectivity index (χ4n) is 5.45. The Morgan fingerprint density at radius 1 is 1.02 bits per heavy atom. The lowest BCUT2D eigenvalue weighted by Crippen LogP contribution is -2.26. The van der Waals surface area contributed by atoms with Gasteiger partial charge in [-0.15, -0.1) is 29.6 Å². The van der Waals surface area contributed by atoms with Crippen molar-refractivity contribution in [3.8, 4) is 28.5 Å². The second kappa shape index (κ2) is 13.7. The summed E-state index contributed by atoms with van der Waals surface area (Å²) in [6.45, 7) is 10.9. The first kappa shape index (κ1) is 32.7. The molecule has 0 saturated heterocycles. The smallest absolute Gasteiger partial charge is 0.406 e. The van der Waals surface area contributed by atoms with Gasteiger partial charge in [-0.05, 0) is 87.4 Å². The standard InChI is InChI=1S/C34H35F3N6O2S/c1-21-17-23(3)30(24(4)18-21)43-25(5)19-46-33(43)40-32(44)38-16-6-7-22(2)26-8-10-27(11-9-26)31-39-20-42(41-31)28-12-14-29(15-13-28)45-34(35,36)37/h8-15,17-20,22H,6-7,16H2,1-5H3,(H,38,44)/b40-33-. The molecule has 240 valence electrons. The van der Waals surface area contributed by atoms with E-state index in [0.29, 0.717) is 22.9 Å². The Labute approximate surface area is 269 Å². The van der Waals surface area contributed by atoms with Gasteiger partial charge in [-0.3, -0.25) is 4.57 Å². The van der Waals surface area contributed by atoms with Crippen LogP contribution in [0.25, 0.3) is 22.8 Å². The maximum absolute atomic E-state index is 12.7. The zero-order valence-corrected chi connectivity index (χ0v) is 27.0. The molecular formula is C34H35F3N6O2S. The monoisotopic (exact) mass is 648 g/mol. The van der Waals surface area contributed by atoms with Gasteiger partial charge >= 0.3 is 12.4 Å². The van der Waals surface area contributed by atoms with Crippen LogP contribution >= 0.6 is 11.3 Å². The molecule has 0 aliphatic carbocycles. The van der Waals surface area contributed by atoms with Gasteiger partial charge in [0, 0.05) is 23.2 Å². The van der Waals surface area contributed by atoms with Crippen LogP contribution in [0.5, 0.6) is 5.75 Å². The number of urea groups is 1. The van der Waals surface area contributed by atoms with Crippen LogP contribution in [0.1, 0.15) is 53.6 Å². The van der Waals surface area contributed by atoms with E-state index in [4.69, 9.17) is 0 Å². The number of amides is 2. The first-order valence-corrected chi connectivity index (χ1v) is 15.7. The number of alkyl halides is 3. The van der Waals surface area contributed by atoms with Crippen LogP contribution in [0.2, 0.25) is 0 Å². The first-order valence-electron chi connectivity index (χ1n) is 14.8. The third-order valence-electron chi connectivity index (χ3n) is 7.59. The third-order valence-corrected chi connectivity index (χ3v) is 8.53. The number of aryl methyl sites for hydroxylation is 4. The van der Waals surface area contributed by atoms with Gasteiger partial charge in [-0.2, -0.15) is 4.99 Å². The number of carbonyl (C=O) groups excluding carboxylic acids is 1. The summed E-state index contributed by atoms with van der Waals surface area (Å²) in [5.74, 6) is 0.459. The molecule has 0 aliphatic rings. The normalized spacial score (nSPS) is 12.7. The number of nitrogens with zero attached hydrogens (tertiary/aromatic N) is 5. The van der Waals surface area contributed by atoms with E-state index < -0.39 is 6.36 Å². The molecule has 1 atom stereocenters. The average molecular weight is 649 g/mol. The molecule has 1 N–H and O–H groups in total. The molecule has 12 heteroatoms. The van der Waals surface area contributed by atoms with E-state index in [1.807, 2.05) is 36.6 Å². The highest BCUT2D eigenvalue weighted by molar-refractivity contribution is 7.07. The van der Waals surface area contributed by atoms with Crippen molar-refractivity contribution in [3.63, 3.8) is 0 Å². The van der Waals surface area contributed by atoms with Gasteiger partial charge in [-0.1, -0.05) is 48.9 Å². The Hall–Kier alpha value is -4.71. The Balaban J connectivity index is 1.14. The quantitative estimate of drug-likeness (QED) is 0.164. The molecule has 8 nitrogen and oxygen atoms in total. The maximum atomic E-state index is 12.7. The number of rotatable bonds is 9. The number of benzene rings is 3. The number of aromatic nitrogens is 4. The van der Waals surface area contributed by atoms with E-state index in [1.54, 1.807) is 0 Å². The topological polar surface area (TPSA) is 86.3 Å². The summed E-state index contributed by atoms with van der Waals surface area (Å²) < 4.78 is 44.7. The summed E-state index contributed by atoms with van der Waals surface area (Å²) in [5.41, 5.74) is 8.10. The molecule has 0 bridgehead atoms. The SMILES string of the molecule is Cc1cc(C)c(-n2c(C)cs/c2=N\C(=O)NCCCC(C)c2ccc(-c3ncn(-c4ccc(OC(F)(F)F)cc4)n3)cc2)c(C)c1. The van der Waals surface area contributed by atoms with Crippen molar-refractivity contribution in [1.29, 1.82) is 0 Å². The second-order valence-corrected chi connectivity index (χ2v) is 12.1. The Kier molecular flexibility index (Phi) is 9.76. The van der Waals surface area contributed by atoms with Gasteiger partial charge in [0.2, 0.25) is 0 Å². The largest absolute Gasteiger partial charge is 0.573 e. The Bertz CT molecular complexity index is 1870. The lowest BCUT2D eigenvalue weighted by molar-refractivity contribution is -0.274. The fourth-order valence-corrected chi connectivity index (χ4v) is 6.30. The van der Waals surface area contributed by atoms with E-state index in [1.165, 1.54) is 52.2 Å². The molecular weight excluding hydrogens is 613 g/mol. The highest BCUT2D eigenvalue weighted by Crippen LogP contribution is 2.26. The number of nitrogens with one attached hydrogen (secondary N) is 1. The number of ether oxygens (including phenoxy) is 1. The molecule has 0 fully saturated rings. The molecule has 0 saturated carbocycles.